The first-order chi connectivity index (χ1) is 13.8. The van der Waals surface area contributed by atoms with Crippen LogP contribution in [0.5, 0.6) is 0 Å². The summed E-state index contributed by atoms with van der Waals surface area (Å²) in [5.74, 6) is -1.61. The molecule has 1 fully saturated rings. The molecule has 1 saturated heterocycles. The van der Waals surface area contributed by atoms with Gasteiger partial charge in [-0.25, -0.2) is 0 Å². The van der Waals surface area contributed by atoms with Gasteiger partial charge in [-0.2, -0.15) is 0 Å². The highest BCUT2D eigenvalue weighted by Crippen LogP contribution is 2.27. The van der Waals surface area contributed by atoms with E-state index in [2.05, 4.69) is 5.32 Å². The van der Waals surface area contributed by atoms with E-state index in [0.717, 1.165) is 27.9 Å². The molecule has 1 N–H and O–H groups in total. The van der Waals surface area contributed by atoms with Crippen molar-refractivity contribution in [1.82, 2.24) is 0 Å². The Hall–Kier alpha value is -3.15. The van der Waals surface area contributed by atoms with Gasteiger partial charge in [0.2, 0.25) is 5.91 Å². The molecule has 1 aliphatic rings. The van der Waals surface area contributed by atoms with Crippen LogP contribution >= 0.6 is 0 Å². The first-order valence-electron chi connectivity index (χ1n) is 9.66. The fourth-order valence-electron chi connectivity index (χ4n) is 3.34. The lowest BCUT2D eigenvalue weighted by atomic mass is 10.1. The van der Waals surface area contributed by atoms with Gasteiger partial charge in [0.25, 0.3) is 5.91 Å². The van der Waals surface area contributed by atoms with E-state index in [1.807, 2.05) is 58.0 Å². The summed E-state index contributed by atoms with van der Waals surface area (Å²) in [6.07, 6.45) is 0.0877. The molecule has 0 bridgehead atoms. The van der Waals surface area contributed by atoms with Crippen LogP contribution in [0.4, 0.5) is 11.4 Å². The number of carbonyl (C=O) groups excluding carboxylic acids is 3. The van der Waals surface area contributed by atoms with Crippen LogP contribution in [0.25, 0.3) is 0 Å². The molecule has 3 rings (SSSR count). The highest BCUT2D eigenvalue weighted by atomic mass is 16.5. The fraction of sp³-hybridized carbons (Fsp3) is 0.348. The zero-order chi connectivity index (χ0) is 21.1. The predicted octanol–water partition coefficient (Wildman–Crippen LogP) is 3.46. The summed E-state index contributed by atoms with van der Waals surface area (Å²) in [6.45, 7) is 7.76. The quantitative estimate of drug-likeness (QED) is 0.788. The molecule has 6 nitrogen and oxygen atoms in total. The molecule has 152 valence electrons. The Morgan fingerprint density at radius 2 is 1.83 bits per heavy atom. The molecule has 2 aromatic rings. The van der Waals surface area contributed by atoms with Crippen molar-refractivity contribution >= 4 is 29.2 Å². The number of hydrogen-bond donors (Lipinski definition) is 1. The van der Waals surface area contributed by atoms with Crippen LogP contribution in [0.3, 0.4) is 0 Å². The number of rotatable bonds is 5. The summed E-state index contributed by atoms with van der Waals surface area (Å²) < 4.78 is 5.18. The van der Waals surface area contributed by atoms with E-state index in [1.165, 1.54) is 0 Å². The van der Waals surface area contributed by atoms with Crippen LogP contribution in [-0.2, 0) is 19.1 Å². The number of ether oxygens (including phenoxy) is 1. The largest absolute Gasteiger partial charge is 0.455 e. The summed E-state index contributed by atoms with van der Waals surface area (Å²) in [4.78, 5) is 38.5. The van der Waals surface area contributed by atoms with Gasteiger partial charge in [0.05, 0.1) is 5.92 Å². The van der Waals surface area contributed by atoms with E-state index in [0.29, 0.717) is 5.69 Å². The normalized spacial score (nSPS) is 16.1. The molecule has 1 heterocycles. The Morgan fingerprint density at radius 3 is 2.55 bits per heavy atom. The molecule has 1 atom stereocenters. The summed E-state index contributed by atoms with van der Waals surface area (Å²) in [6, 6.07) is 11.4. The SMILES string of the molecule is Cc1ccc(N2C[C@H](C(=O)OCC(=O)Nc3cccc(C)c3C)CC2=O)cc1C. The Morgan fingerprint density at radius 1 is 1.07 bits per heavy atom. The number of nitrogens with one attached hydrogen (secondary N) is 1. The number of carbonyl (C=O) groups is 3. The maximum Gasteiger partial charge on any atom is 0.311 e. The van der Waals surface area contributed by atoms with Crippen molar-refractivity contribution in [2.24, 2.45) is 5.92 Å². The monoisotopic (exact) mass is 394 g/mol. The first-order valence-corrected chi connectivity index (χ1v) is 9.66. The van der Waals surface area contributed by atoms with E-state index in [9.17, 15) is 14.4 Å². The van der Waals surface area contributed by atoms with Crippen LogP contribution < -0.4 is 10.2 Å². The van der Waals surface area contributed by atoms with Gasteiger partial charge < -0.3 is 15.0 Å². The van der Waals surface area contributed by atoms with Gasteiger partial charge >= 0.3 is 5.97 Å². The minimum Gasteiger partial charge on any atom is -0.455 e. The van der Waals surface area contributed by atoms with Gasteiger partial charge in [0.1, 0.15) is 0 Å². The molecule has 0 saturated carbocycles. The minimum absolute atomic E-state index is 0.0877. The maximum absolute atomic E-state index is 12.4. The molecule has 2 amide bonds. The zero-order valence-corrected chi connectivity index (χ0v) is 17.2. The Bertz CT molecular complexity index is 967. The number of esters is 1. The van der Waals surface area contributed by atoms with Crippen LogP contribution in [0.2, 0.25) is 0 Å². The van der Waals surface area contributed by atoms with E-state index in [-0.39, 0.29) is 25.5 Å². The second-order valence-electron chi connectivity index (χ2n) is 7.58. The van der Waals surface area contributed by atoms with Crippen molar-refractivity contribution in [3.8, 4) is 0 Å². The average Bonchev–Trinajstić information content (AvgIpc) is 3.07. The standard InChI is InChI=1S/C23H26N2O4/c1-14-8-9-19(10-16(14)3)25-12-18(11-22(25)27)23(28)29-13-21(26)24-20-7-5-6-15(2)17(20)4/h5-10,18H,11-13H2,1-4H3,(H,24,26)/t18-/m1/s1. The molecule has 0 unspecified atom stereocenters. The van der Waals surface area contributed by atoms with Crippen molar-refractivity contribution in [3.05, 3.63) is 58.7 Å². The number of hydrogen-bond acceptors (Lipinski definition) is 4. The third-order valence-corrected chi connectivity index (χ3v) is 5.48. The van der Waals surface area contributed by atoms with Crippen molar-refractivity contribution < 1.29 is 19.1 Å². The number of anilines is 2. The topological polar surface area (TPSA) is 75.7 Å². The average molecular weight is 394 g/mol. The Balaban J connectivity index is 1.56. The third kappa shape index (κ3) is 4.65. The summed E-state index contributed by atoms with van der Waals surface area (Å²) >= 11 is 0. The van der Waals surface area contributed by atoms with E-state index in [1.54, 1.807) is 11.0 Å². The number of amides is 2. The maximum atomic E-state index is 12.4. The molecule has 1 aliphatic heterocycles. The van der Waals surface area contributed by atoms with Crippen LogP contribution in [0.1, 0.15) is 28.7 Å². The molecule has 0 aliphatic carbocycles. The molecule has 2 aromatic carbocycles. The predicted molar refractivity (Wildman–Crippen MR) is 112 cm³/mol. The van der Waals surface area contributed by atoms with Crippen molar-refractivity contribution in [3.63, 3.8) is 0 Å². The van der Waals surface area contributed by atoms with Gasteiger partial charge in [-0.05, 0) is 68.1 Å². The Kier molecular flexibility index (Phi) is 6.01. The minimum atomic E-state index is -0.572. The molecular formula is C23H26N2O4. The van der Waals surface area contributed by atoms with Crippen molar-refractivity contribution in [2.75, 3.05) is 23.4 Å². The van der Waals surface area contributed by atoms with Crippen LogP contribution in [-0.4, -0.2) is 30.9 Å². The third-order valence-electron chi connectivity index (χ3n) is 5.48. The van der Waals surface area contributed by atoms with Crippen LogP contribution in [0.15, 0.2) is 36.4 Å². The molecular weight excluding hydrogens is 368 g/mol. The van der Waals surface area contributed by atoms with Gasteiger partial charge in [0.15, 0.2) is 6.61 Å². The summed E-state index contributed by atoms with van der Waals surface area (Å²) in [5, 5.41) is 2.76. The number of nitrogens with zero attached hydrogens (tertiary/aromatic N) is 1. The number of aryl methyl sites for hydroxylation is 3. The van der Waals surface area contributed by atoms with E-state index in [4.69, 9.17) is 4.74 Å². The van der Waals surface area contributed by atoms with Crippen molar-refractivity contribution in [2.45, 2.75) is 34.1 Å². The molecule has 29 heavy (non-hydrogen) atoms. The lowest BCUT2D eigenvalue weighted by molar-refractivity contribution is -0.151. The highest BCUT2D eigenvalue weighted by Gasteiger charge is 2.36. The molecule has 0 radical (unpaired) electrons. The lowest BCUT2D eigenvalue weighted by Gasteiger charge is -2.18. The van der Waals surface area contributed by atoms with Gasteiger partial charge in [0, 0.05) is 24.3 Å². The second kappa shape index (κ2) is 8.47. The van der Waals surface area contributed by atoms with Gasteiger partial charge in [-0.3, -0.25) is 14.4 Å². The van der Waals surface area contributed by atoms with Crippen molar-refractivity contribution in [1.29, 1.82) is 0 Å². The van der Waals surface area contributed by atoms with Gasteiger partial charge in [-0.15, -0.1) is 0 Å². The second-order valence-corrected chi connectivity index (χ2v) is 7.58. The van der Waals surface area contributed by atoms with E-state index >= 15 is 0 Å². The van der Waals surface area contributed by atoms with Gasteiger partial charge in [-0.1, -0.05) is 18.2 Å². The molecule has 0 spiro atoms. The van der Waals surface area contributed by atoms with E-state index < -0.39 is 17.8 Å². The molecule has 6 heteroatoms. The summed E-state index contributed by atoms with van der Waals surface area (Å²) in [5.41, 5.74) is 5.74. The fourth-order valence-corrected chi connectivity index (χ4v) is 3.34. The first kappa shape index (κ1) is 20.6. The van der Waals surface area contributed by atoms with Crippen LogP contribution in [0, 0.1) is 33.6 Å². The molecule has 0 aromatic heterocycles. The lowest BCUT2D eigenvalue weighted by Crippen LogP contribution is -2.28. The highest BCUT2D eigenvalue weighted by molar-refractivity contribution is 6.00. The smallest absolute Gasteiger partial charge is 0.311 e. The number of benzene rings is 2. The zero-order valence-electron chi connectivity index (χ0n) is 17.2. The summed E-state index contributed by atoms with van der Waals surface area (Å²) in [7, 11) is 0. The Labute approximate surface area is 170 Å².